The zero-order chi connectivity index (χ0) is 13.7. The predicted octanol–water partition coefficient (Wildman–Crippen LogP) is 1.75. The predicted molar refractivity (Wildman–Crippen MR) is 77.7 cm³/mol. The maximum absolute atomic E-state index is 11.7. The molecule has 0 saturated heterocycles. The molecule has 0 amide bonds. The van der Waals surface area contributed by atoms with E-state index in [-0.39, 0.29) is 0 Å². The Morgan fingerprint density at radius 3 is 2.74 bits per heavy atom. The summed E-state index contributed by atoms with van der Waals surface area (Å²) in [4.78, 5) is 33.7. The Morgan fingerprint density at radius 1 is 1.37 bits per heavy atom. The summed E-state index contributed by atoms with van der Waals surface area (Å²) in [5.74, 6) is 0.584. The van der Waals surface area contributed by atoms with E-state index in [0.29, 0.717) is 17.0 Å². The SMILES string of the molecule is Cc1cc(-c2nc3c([nH]2)c(=O)[nH]c(=O)n3C)sc1Br. The van der Waals surface area contributed by atoms with Crippen molar-refractivity contribution in [1.82, 2.24) is 19.5 Å². The summed E-state index contributed by atoms with van der Waals surface area (Å²) in [6.07, 6.45) is 0. The van der Waals surface area contributed by atoms with Crippen molar-refractivity contribution >= 4 is 38.4 Å². The van der Waals surface area contributed by atoms with E-state index >= 15 is 0 Å². The number of nitrogens with zero attached hydrogens (tertiary/aromatic N) is 2. The average molecular weight is 341 g/mol. The van der Waals surface area contributed by atoms with E-state index in [0.717, 1.165) is 14.2 Å². The Morgan fingerprint density at radius 2 is 2.11 bits per heavy atom. The van der Waals surface area contributed by atoms with Crippen LogP contribution >= 0.6 is 27.3 Å². The van der Waals surface area contributed by atoms with Gasteiger partial charge in [-0.15, -0.1) is 11.3 Å². The highest BCUT2D eigenvalue weighted by Crippen LogP contribution is 2.33. The van der Waals surface area contributed by atoms with Gasteiger partial charge < -0.3 is 4.98 Å². The van der Waals surface area contributed by atoms with Crippen LogP contribution < -0.4 is 11.2 Å². The van der Waals surface area contributed by atoms with Crippen LogP contribution in [0.5, 0.6) is 0 Å². The van der Waals surface area contributed by atoms with E-state index in [4.69, 9.17) is 0 Å². The quantitative estimate of drug-likeness (QED) is 0.707. The number of halogens is 1. The van der Waals surface area contributed by atoms with Gasteiger partial charge in [0.2, 0.25) is 0 Å². The number of aromatic amines is 2. The first-order chi connectivity index (χ1) is 8.97. The van der Waals surface area contributed by atoms with E-state index < -0.39 is 11.2 Å². The third-order valence-corrected chi connectivity index (χ3v) is 4.99. The van der Waals surface area contributed by atoms with Crippen LogP contribution in [0.2, 0.25) is 0 Å². The number of imidazole rings is 1. The normalized spacial score (nSPS) is 11.3. The van der Waals surface area contributed by atoms with Crippen LogP contribution in [0, 0.1) is 6.92 Å². The second kappa shape index (κ2) is 4.17. The molecule has 8 heteroatoms. The third kappa shape index (κ3) is 1.87. The van der Waals surface area contributed by atoms with Crippen LogP contribution in [0.4, 0.5) is 0 Å². The van der Waals surface area contributed by atoms with Crippen molar-refractivity contribution in [2.45, 2.75) is 6.92 Å². The molecule has 0 aliphatic rings. The fraction of sp³-hybridized carbons (Fsp3) is 0.182. The van der Waals surface area contributed by atoms with Crippen molar-refractivity contribution in [2.24, 2.45) is 7.05 Å². The molecule has 6 nitrogen and oxygen atoms in total. The van der Waals surface area contributed by atoms with Crippen molar-refractivity contribution in [1.29, 1.82) is 0 Å². The van der Waals surface area contributed by atoms with E-state index in [1.54, 1.807) is 7.05 Å². The van der Waals surface area contributed by atoms with Gasteiger partial charge in [0.15, 0.2) is 11.5 Å². The highest BCUT2D eigenvalue weighted by atomic mass is 79.9. The lowest BCUT2D eigenvalue weighted by Gasteiger charge is -1.94. The molecule has 0 aliphatic carbocycles. The first-order valence-corrected chi connectivity index (χ1v) is 7.03. The molecule has 2 N–H and O–H groups in total. The number of aryl methyl sites for hydroxylation is 2. The Hall–Kier alpha value is -1.67. The monoisotopic (exact) mass is 340 g/mol. The maximum atomic E-state index is 11.7. The van der Waals surface area contributed by atoms with Gasteiger partial charge in [0, 0.05) is 7.05 Å². The summed E-state index contributed by atoms with van der Waals surface area (Å²) in [5, 5.41) is 0. The third-order valence-electron chi connectivity index (χ3n) is 2.85. The molecular formula is C11H9BrN4O2S. The average Bonchev–Trinajstić information content (AvgIpc) is 2.92. The van der Waals surface area contributed by atoms with Gasteiger partial charge in [-0.05, 0) is 34.5 Å². The molecule has 0 bridgehead atoms. The standard InChI is InChI=1S/C11H9BrN4O2S/c1-4-3-5(19-7(4)12)8-13-6-9(14-8)16(2)11(18)15-10(6)17/h3H,1-2H3,(H,13,14)(H,15,17,18). The lowest BCUT2D eigenvalue weighted by atomic mass is 10.3. The summed E-state index contributed by atoms with van der Waals surface area (Å²) < 4.78 is 2.33. The van der Waals surface area contributed by atoms with Crippen LogP contribution in [0.25, 0.3) is 21.9 Å². The second-order valence-electron chi connectivity index (χ2n) is 4.17. The number of H-pyrrole nitrogens is 2. The molecular weight excluding hydrogens is 332 g/mol. The summed E-state index contributed by atoms with van der Waals surface area (Å²) in [6, 6.07) is 1.97. The van der Waals surface area contributed by atoms with Crippen LogP contribution in [0.3, 0.4) is 0 Å². The molecule has 0 spiro atoms. The van der Waals surface area contributed by atoms with Crippen molar-refractivity contribution in [2.75, 3.05) is 0 Å². The van der Waals surface area contributed by atoms with Crippen LogP contribution in [0.15, 0.2) is 19.4 Å². The number of hydrogen-bond acceptors (Lipinski definition) is 4. The Labute approximate surface area is 119 Å². The highest BCUT2D eigenvalue weighted by Gasteiger charge is 2.14. The van der Waals surface area contributed by atoms with E-state index in [9.17, 15) is 9.59 Å². The number of nitrogens with one attached hydrogen (secondary N) is 2. The van der Waals surface area contributed by atoms with Crippen LogP contribution in [-0.2, 0) is 7.05 Å². The zero-order valence-corrected chi connectivity index (χ0v) is 12.5. The fourth-order valence-corrected chi connectivity index (χ4v) is 3.28. The summed E-state index contributed by atoms with van der Waals surface area (Å²) >= 11 is 4.97. The lowest BCUT2D eigenvalue weighted by Crippen LogP contribution is -2.28. The van der Waals surface area contributed by atoms with Gasteiger partial charge in [-0.3, -0.25) is 14.3 Å². The van der Waals surface area contributed by atoms with Gasteiger partial charge >= 0.3 is 5.69 Å². The number of rotatable bonds is 1. The lowest BCUT2D eigenvalue weighted by molar-refractivity contribution is 0.832. The molecule has 19 heavy (non-hydrogen) atoms. The van der Waals surface area contributed by atoms with Crippen LogP contribution in [0.1, 0.15) is 5.56 Å². The summed E-state index contributed by atoms with van der Waals surface area (Å²) in [7, 11) is 1.57. The molecule has 0 atom stereocenters. The number of aromatic nitrogens is 4. The van der Waals surface area contributed by atoms with E-state index in [1.165, 1.54) is 15.9 Å². The summed E-state index contributed by atoms with van der Waals surface area (Å²) in [6.45, 7) is 1.98. The van der Waals surface area contributed by atoms with Gasteiger partial charge in [-0.25, -0.2) is 9.78 Å². The first kappa shape index (κ1) is 12.4. The number of fused-ring (bicyclic) bond motifs is 1. The molecule has 3 heterocycles. The fourth-order valence-electron chi connectivity index (χ4n) is 1.80. The van der Waals surface area contributed by atoms with Crippen molar-refractivity contribution in [3.05, 3.63) is 36.3 Å². The molecule has 3 aromatic rings. The van der Waals surface area contributed by atoms with Gasteiger partial charge in [0.1, 0.15) is 5.52 Å². The minimum Gasteiger partial charge on any atom is -0.331 e. The first-order valence-electron chi connectivity index (χ1n) is 5.42. The van der Waals surface area contributed by atoms with Gasteiger partial charge in [0.25, 0.3) is 5.56 Å². The molecule has 98 valence electrons. The maximum Gasteiger partial charge on any atom is 0.329 e. The largest absolute Gasteiger partial charge is 0.331 e. The summed E-state index contributed by atoms with van der Waals surface area (Å²) in [5.41, 5.74) is 0.830. The van der Waals surface area contributed by atoms with Crippen molar-refractivity contribution in [3.63, 3.8) is 0 Å². The molecule has 3 aromatic heterocycles. The number of thiophene rings is 1. The highest BCUT2D eigenvalue weighted by molar-refractivity contribution is 9.11. The molecule has 0 radical (unpaired) electrons. The molecule has 3 rings (SSSR count). The van der Waals surface area contributed by atoms with Crippen molar-refractivity contribution < 1.29 is 0 Å². The topological polar surface area (TPSA) is 83.5 Å². The van der Waals surface area contributed by atoms with Gasteiger partial charge in [0.05, 0.1) is 8.66 Å². The molecule has 0 saturated carbocycles. The Bertz CT molecular complexity index is 882. The number of hydrogen-bond donors (Lipinski definition) is 2. The van der Waals surface area contributed by atoms with Gasteiger partial charge in [-0.2, -0.15) is 0 Å². The molecule has 0 fully saturated rings. The second-order valence-corrected chi connectivity index (χ2v) is 6.54. The minimum atomic E-state index is -0.473. The Balaban J connectivity index is 2.33. The minimum absolute atomic E-state index is 0.305. The van der Waals surface area contributed by atoms with E-state index in [1.807, 2.05) is 13.0 Å². The molecule has 0 aliphatic heterocycles. The van der Waals surface area contributed by atoms with Gasteiger partial charge in [-0.1, -0.05) is 0 Å². The zero-order valence-electron chi connectivity index (χ0n) is 10.1. The molecule has 0 unspecified atom stereocenters. The Kier molecular flexibility index (Phi) is 2.72. The van der Waals surface area contributed by atoms with Crippen LogP contribution in [-0.4, -0.2) is 19.5 Å². The molecule has 0 aromatic carbocycles. The van der Waals surface area contributed by atoms with Crippen molar-refractivity contribution in [3.8, 4) is 10.7 Å². The van der Waals surface area contributed by atoms with E-state index in [2.05, 4.69) is 30.9 Å². The smallest absolute Gasteiger partial charge is 0.329 e.